The van der Waals surface area contributed by atoms with E-state index in [4.69, 9.17) is 9.97 Å². The lowest BCUT2D eigenvalue weighted by atomic mass is 10.1. The standard InChI is InChI=1S/C22H28N6O3S2/c1-33(31)28-10-8-27(9-11-28)22-25-19(23-15-7-6-14(12-15)13-29)18(20(30)26-22)21-24-16-4-2-3-5-17(16)32-21/h2-5,14-15,29H,6-13H2,1H3,(H2,23,25,26,30). The molecule has 2 aliphatic rings. The monoisotopic (exact) mass is 488 g/mol. The van der Waals surface area contributed by atoms with E-state index < -0.39 is 11.0 Å². The molecule has 3 N–H and O–H groups in total. The summed E-state index contributed by atoms with van der Waals surface area (Å²) in [6, 6.07) is 7.99. The summed E-state index contributed by atoms with van der Waals surface area (Å²) in [7, 11) is -1.00. The van der Waals surface area contributed by atoms with Gasteiger partial charge >= 0.3 is 0 Å². The van der Waals surface area contributed by atoms with Gasteiger partial charge in [0.2, 0.25) is 5.95 Å². The molecule has 1 aromatic carbocycles. The van der Waals surface area contributed by atoms with Crippen molar-refractivity contribution in [1.82, 2.24) is 19.3 Å². The van der Waals surface area contributed by atoms with Crippen LogP contribution in [0.15, 0.2) is 29.1 Å². The Labute approximate surface area is 198 Å². The van der Waals surface area contributed by atoms with Gasteiger partial charge in [0.15, 0.2) is 0 Å². The van der Waals surface area contributed by atoms with Gasteiger partial charge in [0.1, 0.15) is 16.4 Å². The lowest BCUT2D eigenvalue weighted by Crippen LogP contribution is -2.47. The van der Waals surface area contributed by atoms with Crippen molar-refractivity contribution in [3.8, 4) is 10.6 Å². The maximum absolute atomic E-state index is 13.4. The summed E-state index contributed by atoms with van der Waals surface area (Å²) in [5, 5.41) is 13.7. The SMILES string of the molecule is CS(=O)N1CCN(c2nc(NC3CCC(CO)C3)c(-c3nc4ccccc4s3)c(=O)[nH]2)CC1. The third kappa shape index (κ3) is 4.68. The van der Waals surface area contributed by atoms with Gasteiger partial charge in [0.25, 0.3) is 5.56 Å². The predicted molar refractivity (Wildman–Crippen MR) is 133 cm³/mol. The summed E-state index contributed by atoms with van der Waals surface area (Å²) < 4.78 is 14.7. The van der Waals surface area contributed by atoms with Gasteiger partial charge in [-0.15, -0.1) is 11.3 Å². The number of hydrogen-bond donors (Lipinski definition) is 3. The molecule has 3 aromatic rings. The number of aromatic nitrogens is 3. The summed E-state index contributed by atoms with van der Waals surface area (Å²) in [6.45, 7) is 2.75. The van der Waals surface area contributed by atoms with Crippen LogP contribution in [-0.4, -0.2) is 73.7 Å². The highest BCUT2D eigenvalue weighted by Gasteiger charge is 2.28. The lowest BCUT2D eigenvalue weighted by Gasteiger charge is -2.33. The van der Waals surface area contributed by atoms with Crippen LogP contribution in [0.4, 0.5) is 11.8 Å². The molecule has 0 bridgehead atoms. The second-order valence-corrected chi connectivity index (χ2v) is 11.0. The first kappa shape index (κ1) is 22.5. The first-order valence-electron chi connectivity index (χ1n) is 11.2. The predicted octanol–water partition coefficient (Wildman–Crippen LogP) is 2.04. The minimum atomic E-state index is -1.00. The summed E-state index contributed by atoms with van der Waals surface area (Å²) in [4.78, 5) is 27.9. The molecular weight excluding hydrogens is 460 g/mol. The largest absolute Gasteiger partial charge is 0.396 e. The van der Waals surface area contributed by atoms with Crippen molar-refractivity contribution in [3.63, 3.8) is 0 Å². The molecule has 33 heavy (non-hydrogen) atoms. The van der Waals surface area contributed by atoms with Crippen LogP contribution in [0, 0.1) is 5.92 Å². The first-order valence-corrected chi connectivity index (χ1v) is 13.6. The van der Waals surface area contributed by atoms with Crippen LogP contribution in [0.3, 0.4) is 0 Å². The fraction of sp³-hybridized carbons (Fsp3) is 0.500. The number of nitrogens with one attached hydrogen (secondary N) is 2. The Balaban J connectivity index is 1.51. The number of anilines is 2. The van der Waals surface area contributed by atoms with Gasteiger partial charge in [0, 0.05) is 45.1 Å². The molecule has 0 spiro atoms. The third-order valence-electron chi connectivity index (χ3n) is 6.46. The van der Waals surface area contributed by atoms with Gasteiger partial charge < -0.3 is 15.3 Å². The molecule has 9 nitrogen and oxygen atoms in total. The minimum absolute atomic E-state index is 0.150. The number of aliphatic hydroxyl groups is 1. The van der Waals surface area contributed by atoms with E-state index in [0.29, 0.717) is 48.5 Å². The molecule has 11 heteroatoms. The Morgan fingerprint density at radius 1 is 1.21 bits per heavy atom. The van der Waals surface area contributed by atoms with Crippen LogP contribution in [0.1, 0.15) is 19.3 Å². The second-order valence-electron chi connectivity index (χ2n) is 8.64. The van der Waals surface area contributed by atoms with Crippen LogP contribution >= 0.6 is 11.3 Å². The summed E-state index contributed by atoms with van der Waals surface area (Å²) >= 11 is 1.48. The van der Waals surface area contributed by atoms with Crippen molar-refractivity contribution in [2.24, 2.45) is 5.92 Å². The number of fused-ring (bicyclic) bond motifs is 1. The van der Waals surface area contributed by atoms with E-state index in [2.05, 4.69) is 10.3 Å². The fourth-order valence-corrected chi connectivity index (χ4v) is 6.30. The number of piperazine rings is 1. The van der Waals surface area contributed by atoms with Crippen LogP contribution in [0.25, 0.3) is 20.8 Å². The number of hydrogen-bond acceptors (Lipinski definition) is 8. The summed E-state index contributed by atoms with van der Waals surface area (Å²) in [5.74, 6) is 1.33. The van der Waals surface area contributed by atoms with E-state index in [1.165, 1.54) is 11.3 Å². The average Bonchev–Trinajstić information content (AvgIpc) is 3.45. The van der Waals surface area contributed by atoms with E-state index in [-0.39, 0.29) is 24.1 Å². The normalized spacial score (nSPS) is 22.7. The van der Waals surface area contributed by atoms with Crippen LogP contribution < -0.4 is 15.8 Å². The molecule has 5 rings (SSSR count). The third-order valence-corrected chi connectivity index (χ3v) is 8.60. The number of benzene rings is 1. The molecule has 3 atom stereocenters. The van der Waals surface area contributed by atoms with E-state index in [1.807, 2.05) is 33.5 Å². The topological polar surface area (TPSA) is 114 Å². The van der Waals surface area contributed by atoms with Crippen LogP contribution in [-0.2, 0) is 11.0 Å². The molecule has 3 heterocycles. The summed E-state index contributed by atoms with van der Waals surface area (Å²) in [6.07, 6.45) is 4.42. The first-order chi connectivity index (χ1) is 16.0. The number of H-pyrrole nitrogens is 1. The van der Waals surface area contributed by atoms with E-state index >= 15 is 0 Å². The minimum Gasteiger partial charge on any atom is -0.396 e. The highest BCUT2D eigenvalue weighted by atomic mass is 32.2. The maximum atomic E-state index is 13.4. The molecule has 2 aromatic heterocycles. The molecule has 3 unspecified atom stereocenters. The van der Waals surface area contributed by atoms with Crippen molar-refractivity contribution in [1.29, 1.82) is 0 Å². The van der Waals surface area contributed by atoms with Crippen LogP contribution in [0.2, 0.25) is 0 Å². The number of thiazole rings is 1. The Kier molecular flexibility index (Phi) is 6.46. The fourth-order valence-electron chi connectivity index (χ4n) is 4.62. The zero-order chi connectivity index (χ0) is 22.9. The van der Waals surface area contributed by atoms with Gasteiger partial charge in [0.05, 0.1) is 21.2 Å². The molecule has 0 radical (unpaired) electrons. The Morgan fingerprint density at radius 3 is 2.70 bits per heavy atom. The van der Waals surface area contributed by atoms with Gasteiger partial charge in [-0.3, -0.25) is 9.78 Å². The number of nitrogens with zero attached hydrogens (tertiary/aromatic N) is 4. The Morgan fingerprint density at radius 2 is 2.00 bits per heavy atom. The molecule has 2 fully saturated rings. The van der Waals surface area contributed by atoms with Crippen molar-refractivity contribution < 1.29 is 9.32 Å². The van der Waals surface area contributed by atoms with Gasteiger partial charge in [-0.2, -0.15) is 4.98 Å². The lowest BCUT2D eigenvalue weighted by molar-refractivity contribution is 0.229. The van der Waals surface area contributed by atoms with Crippen molar-refractivity contribution >= 4 is 44.3 Å². The Bertz CT molecular complexity index is 1190. The van der Waals surface area contributed by atoms with Crippen molar-refractivity contribution in [2.75, 3.05) is 49.3 Å². The molecular formula is C22H28N6O3S2. The number of para-hydroxylation sites is 1. The number of rotatable bonds is 6. The highest BCUT2D eigenvalue weighted by molar-refractivity contribution is 7.81. The quantitative estimate of drug-likeness (QED) is 0.486. The van der Waals surface area contributed by atoms with Crippen molar-refractivity contribution in [2.45, 2.75) is 25.3 Å². The molecule has 1 saturated heterocycles. The van der Waals surface area contributed by atoms with E-state index in [1.54, 1.807) is 6.26 Å². The van der Waals surface area contributed by atoms with Gasteiger partial charge in [-0.05, 0) is 37.3 Å². The Hall–Kier alpha value is -2.34. The van der Waals surface area contributed by atoms with Crippen molar-refractivity contribution in [3.05, 3.63) is 34.6 Å². The van der Waals surface area contributed by atoms with Crippen LogP contribution in [0.5, 0.6) is 0 Å². The molecule has 1 aliphatic heterocycles. The number of aromatic amines is 1. The van der Waals surface area contributed by atoms with E-state index in [0.717, 1.165) is 29.5 Å². The van der Waals surface area contributed by atoms with E-state index in [9.17, 15) is 14.1 Å². The van der Waals surface area contributed by atoms with Gasteiger partial charge in [-0.1, -0.05) is 12.1 Å². The smallest absolute Gasteiger partial charge is 0.264 e. The number of aliphatic hydroxyl groups excluding tert-OH is 1. The molecule has 176 valence electrons. The molecule has 1 aliphatic carbocycles. The zero-order valence-corrected chi connectivity index (χ0v) is 20.1. The maximum Gasteiger partial charge on any atom is 0.264 e. The highest BCUT2D eigenvalue weighted by Crippen LogP contribution is 2.34. The second kappa shape index (κ2) is 9.49. The summed E-state index contributed by atoms with van der Waals surface area (Å²) in [5.41, 5.74) is 1.09. The van der Waals surface area contributed by atoms with Gasteiger partial charge in [-0.25, -0.2) is 13.5 Å². The molecule has 0 amide bonds. The molecule has 1 saturated carbocycles. The zero-order valence-electron chi connectivity index (χ0n) is 18.5. The average molecular weight is 489 g/mol.